The van der Waals surface area contributed by atoms with E-state index in [1.807, 2.05) is 17.0 Å². The molecule has 2 fully saturated rings. The van der Waals surface area contributed by atoms with Crippen molar-refractivity contribution in [3.8, 4) is 0 Å². The van der Waals surface area contributed by atoms with Crippen LogP contribution in [-0.2, 0) is 20.7 Å². The molecular formula is C21H29N3O4. The molecule has 0 unspecified atom stereocenters. The fourth-order valence-corrected chi connectivity index (χ4v) is 3.85. The van der Waals surface area contributed by atoms with E-state index in [2.05, 4.69) is 5.32 Å². The van der Waals surface area contributed by atoms with Crippen molar-refractivity contribution in [3.63, 3.8) is 0 Å². The van der Waals surface area contributed by atoms with Crippen LogP contribution in [0.15, 0.2) is 24.3 Å². The molecule has 1 atom stereocenters. The van der Waals surface area contributed by atoms with Gasteiger partial charge in [0.2, 0.25) is 5.91 Å². The van der Waals surface area contributed by atoms with E-state index in [1.165, 1.54) is 0 Å². The molecule has 1 aromatic carbocycles. The third-order valence-corrected chi connectivity index (χ3v) is 5.33. The Kier molecular flexibility index (Phi) is 6.90. The Morgan fingerprint density at radius 1 is 1.04 bits per heavy atom. The lowest BCUT2D eigenvalue weighted by Gasteiger charge is -2.33. The number of benzene rings is 1. The van der Waals surface area contributed by atoms with Gasteiger partial charge in [0.25, 0.3) is 0 Å². The van der Waals surface area contributed by atoms with Gasteiger partial charge in [-0.25, -0.2) is 4.79 Å². The van der Waals surface area contributed by atoms with E-state index >= 15 is 0 Å². The first-order chi connectivity index (χ1) is 13.6. The van der Waals surface area contributed by atoms with Gasteiger partial charge in [-0.15, -0.1) is 0 Å². The van der Waals surface area contributed by atoms with Crippen molar-refractivity contribution in [1.82, 2.24) is 9.80 Å². The number of carbonyl (C=O) groups is 3. The molecule has 1 aromatic rings. The topological polar surface area (TPSA) is 79.0 Å². The number of urea groups is 1. The molecule has 2 aliphatic heterocycles. The van der Waals surface area contributed by atoms with E-state index < -0.39 is 0 Å². The molecule has 0 radical (unpaired) electrons. The number of hydrogen-bond acceptors (Lipinski definition) is 4. The van der Waals surface area contributed by atoms with E-state index in [0.717, 1.165) is 44.3 Å². The number of ether oxygens (including phenoxy) is 1. The van der Waals surface area contributed by atoms with Crippen molar-refractivity contribution in [2.24, 2.45) is 5.92 Å². The second-order valence-electron chi connectivity index (χ2n) is 7.43. The number of nitrogens with zero attached hydrogens (tertiary/aromatic N) is 2. The van der Waals surface area contributed by atoms with Gasteiger partial charge in [0, 0.05) is 31.9 Å². The van der Waals surface area contributed by atoms with Gasteiger partial charge >= 0.3 is 12.0 Å². The van der Waals surface area contributed by atoms with Crippen LogP contribution in [0.4, 0.5) is 10.5 Å². The zero-order valence-electron chi connectivity index (χ0n) is 16.5. The van der Waals surface area contributed by atoms with Crippen LogP contribution in [0.3, 0.4) is 0 Å². The lowest BCUT2D eigenvalue weighted by molar-refractivity contribution is -0.142. The van der Waals surface area contributed by atoms with Gasteiger partial charge in [0.05, 0.1) is 18.9 Å². The third-order valence-electron chi connectivity index (χ3n) is 5.33. The maximum absolute atomic E-state index is 12.6. The Morgan fingerprint density at radius 3 is 2.39 bits per heavy atom. The Hall–Kier alpha value is -2.57. The highest BCUT2D eigenvalue weighted by molar-refractivity contribution is 5.90. The zero-order chi connectivity index (χ0) is 19.9. The minimum Gasteiger partial charge on any atom is -0.466 e. The fourth-order valence-electron chi connectivity index (χ4n) is 3.85. The normalized spacial score (nSPS) is 19.4. The maximum Gasteiger partial charge on any atom is 0.321 e. The number of nitrogens with one attached hydrogen (secondary N) is 1. The number of esters is 1. The van der Waals surface area contributed by atoms with Gasteiger partial charge in [0.15, 0.2) is 0 Å². The molecule has 0 aliphatic carbocycles. The average Bonchev–Trinajstić information content (AvgIpc) is 3.24. The highest BCUT2D eigenvalue weighted by Crippen LogP contribution is 2.22. The van der Waals surface area contributed by atoms with Crippen LogP contribution >= 0.6 is 0 Å². The van der Waals surface area contributed by atoms with Gasteiger partial charge in [0.1, 0.15) is 0 Å². The van der Waals surface area contributed by atoms with Crippen LogP contribution in [0.1, 0.15) is 38.2 Å². The van der Waals surface area contributed by atoms with Crippen molar-refractivity contribution in [1.29, 1.82) is 0 Å². The van der Waals surface area contributed by atoms with Gasteiger partial charge in [-0.3, -0.25) is 9.59 Å². The second-order valence-corrected chi connectivity index (χ2v) is 7.43. The summed E-state index contributed by atoms with van der Waals surface area (Å²) in [5.74, 6) is -0.163. The number of piperidine rings is 1. The monoisotopic (exact) mass is 387 g/mol. The first kappa shape index (κ1) is 20.2. The van der Waals surface area contributed by atoms with E-state index in [0.29, 0.717) is 25.4 Å². The van der Waals surface area contributed by atoms with E-state index in [4.69, 9.17) is 4.74 Å². The van der Waals surface area contributed by atoms with Crippen LogP contribution in [0.5, 0.6) is 0 Å². The molecule has 2 aliphatic rings. The van der Waals surface area contributed by atoms with Crippen molar-refractivity contribution in [2.45, 2.75) is 39.0 Å². The van der Waals surface area contributed by atoms with Crippen molar-refractivity contribution < 1.29 is 19.1 Å². The molecule has 3 rings (SSSR count). The Labute approximate surface area is 166 Å². The minimum absolute atomic E-state index is 0.0930. The number of anilines is 1. The summed E-state index contributed by atoms with van der Waals surface area (Å²) < 4.78 is 4.94. The van der Waals surface area contributed by atoms with Crippen LogP contribution in [-0.4, -0.2) is 60.5 Å². The Bertz CT molecular complexity index is 698. The molecule has 0 bridgehead atoms. The maximum atomic E-state index is 12.6. The molecule has 7 heteroatoms. The van der Waals surface area contributed by atoms with Crippen LogP contribution in [0, 0.1) is 5.92 Å². The van der Waals surface area contributed by atoms with E-state index in [1.54, 1.807) is 24.0 Å². The fraction of sp³-hybridized carbons (Fsp3) is 0.571. The van der Waals surface area contributed by atoms with Crippen molar-refractivity contribution in [3.05, 3.63) is 29.8 Å². The van der Waals surface area contributed by atoms with Gasteiger partial charge in [-0.1, -0.05) is 12.1 Å². The molecule has 7 nitrogen and oxygen atoms in total. The summed E-state index contributed by atoms with van der Waals surface area (Å²) in [7, 11) is 0. The largest absolute Gasteiger partial charge is 0.466 e. The van der Waals surface area contributed by atoms with E-state index in [9.17, 15) is 14.4 Å². The minimum atomic E-state index is -0.263. The molecule has 0 aromatic heterocycles. The standard InChI is InChI=1S/C21H29N3O4/c1-2-28-19(25)14-16-7-9-18(10-8-16)22-21(27)24-13-5-6-17(15-24)20(26)23-11-3-4-12-23/h7-10,17H,2-6,11-15H2,1H3,(H,22,27)/t17-/m1/s1. The number of hydrogen-bond donors (Lipinski definition) is 1. The van der Waals surface area contributed by atoms with Gasteiger partial charge in [-0.2, -0.15) is 0 Å². The van der Waals surface area contributed by atoms with Crippen molar-refractivity contribution >= 4 is 23.6 Å². The first-order valence-corrected chi connectivity index (χ1v) is 10.2. The third kappa shape index (κ3) is 5.24. The summed E-state index contributed by atoms with van der Waals surface area (Å²) in [4.78, 5) is 40.5. The molecule has 28 heavy (non-hydrogen) atoms. The molecular weight excluding hydrogens is 358 g/mol. The van der Waals surface area contributed by atoms with Gasteiger partial charge < -0.3 is 19.9 Å². The van der Waals surface area contributed by atoms with E-state index in [-0.39, 0.29) is 30.2 Å². The summed E-state index contributed by atoms with van der Waals surface area (Å²) in [5.41, 5.74) is 1.51. The smallest absolute Gasteiger partial charge is 0.321 e. The predicted molar refractivity (Wildman–Crippen MR) is 106 cm³/mol. The van der Waals surface area contributed by atoms with Crippen molar-refractivity contribution in [2.75, 3.05) is 38.1 Å². The lowest BCUT2D eigenvalue weighted by atomic mass is 9.97. The predicted octanol–water partition coefficient (Wildman–Crippen LogP) is 2.66. The molecule has 0 saturated carbocycles. The molecule has 0 spiro atoms. The first-order valence-electron chi connectivity index (χ1n) is 10.2. The number of amides is 3. The van der Waals surface area contributed by atoms with Crippen LogP contribution in [0.2, 0.25) is 0 Å². The summed E-state index contributed by atoms with van der Waals surface area (Å²) in [6.07, 6.45) is 4.07. The average molecular weight is 387 g/mol. The molecule has 2 heterocycles. The lowest BCUT2D eigenvalue weighted by Crippen LogP contribution is -2.47. The molecule has 3 amide bonds. The Morgan fingerprint density at radius 2 is 1.71 bits per heavy atom. The number of rotatable bonds is 5. The Balaban J connectivity index is 1.52. The molecule has 152 valence electrons. The summed E-state index contributed by atoms with van der Waals surface area (Å²) in [5, 5.41) is 2.89. The summed E-state index contributed by atoms with van der Waals surface area (Å²) >= 11 is 0. The highest BCUT2D eigenvalue weighted by atomic mass is 16.5. The van der Waals surface area contributed by atoms with Gasteiger partial charge in [-0.05, 0) is 50.3 Å². The number of likely N-dealkylation sites (tertiary alicyclic amines) is 2. The summed E-state index contributed by atoms with van der Waals surface area (Å²) in [6, 6.07) is 6.99. The molecule has 2 saturated heterocycles. The SMILES string of the molecule is CCOC(=O)Cc1ccc(NC(=O)N2CCC[C@@H](C(=O)N3CCCC3)C2)cc1. The number of carbonyl (C=O) groups excluding carboxylic acids is 3. The summed E-state index contributed by atoms with van der Waals surface area (Å²) in [6.45, 7) is 4.97. The quantitative estimate of drug-likeness (QED) is 0.788. The van der Waals surface area contributed by atoms with Crippen LogP contribution < -0.4 is 5.32 Å². The second kappa shape index (κ2) is 9.57. The van der Waals surface area contributed by atoms with Crippen LogP contribution in [0.25, 0.3) is 0 Å². The molecule has 1 N–H and O–H groups in total. The zero-order valence-corrected chi connectivity index (χ0v) is 16.5. The highest BCUT2D eigenvalue weighted by Gasteiger charge is 2.32.